The summed E-state index contributed by atoms with van der Waals surface area (Å²) >= 11 is 0. The van der Waals surface area contributed by atoms with Crippen LogP contribution < -0.4 is 5.01 Å². The normalized spacial score (nSPS) is 19.7. The largest absolute Gasteiger partial charge is 0.338 e. The zero-order valence-corrected chi connectivity index (χ0v) is 13.8. The molecular formula is C18H23N3O2. The Bertz CT molecular complexity index is 645. The first-order chi connectivity index (χ1) is 11.1. The standard InChI is InChI=1S/C18H23N3O2/c1-13-9-11-20(12-10-13)18(23)15-7-8-17(22)21(19-15)16-6-4-3-5-14(16)2/h3-6,13H,7-12H2,1-2H3. The Kier molecular flexibility index (Phi) is 4.46. The second-order valence-electron chi connectivity index (χ2n) is 6.51. The fourth-order valence-corrected chi connectivity index (χ4v) is 3.09. The van der Waals surface area contributed by atoms with E-state index in [1.165, 1.54) is 5.01 Å². The van der Waals surface area contributed by atoms with Crippen LogP contribution in [0.5, 0.6) is 0 Å². The number of amides is 2. The van der Waals surface area contributed by atoms with Gasteiger partial charge >= 0.3 is 0 Å². The highest BCUT2D eigenvalue weighted by atomic mass is 16.2. The van der Waals surface area contributed by atoms with E-state index in [4.69, 9.17) is 0 Å². The van der Waals surface area contributed by atoms with E-state index in [1.54, 1.807) is 0 Å². The molecule has 0 spiro atoms. The van der Waals surface area contributed by atoms with Crippen LogP contribution in [0.4, 0.5) is 5.69 Å². The van der Waals surface area contributed by atoms with Crippen molar-refractivity contribution >= 4 is 23.2 Å². The van der Waals surface area contributed by atoms with E-state index in [2.05, 4.69) is 12.0 Å². The van der Waals surface area contributed by atoms with Gasteiger partial charge in [0.25, 0.3) is 5.91 Å². The number of hydrogen-bond acceptors (Lipinski definition) is 3. The van der Waals surface area contributed by atoms with Gasteiger partial charge in [0, 0.05) is 25.9 Å². The molecule has 23 heavy (non-hydrogen) atoms. The summed E-state index contributed by atoms with van der Waals surface area (Å²) in [5, 5.41) is 5.80. The average Bonchev–Trinajstić information content (AvgIpc) is 2.56. The number of aryl methyl sites for hydroxylation is 1. The third-order valence-electron chi connectivity index (χ3n) is 4.69. The second kappa shape index (κ2) is 6.52. The van der Waals surface area contributed by atoms with Crippen molar-refractivity contribution in [3.8, 4) is 0 Å². The van der Waals surface area contributed by atoms with Crippen molar-refractivity contribution in [1.82, 2.24) is 4.90 Å². The fourth-order valence-electron chi connectivity index (χ4n) is 3.09. The SMILES string of the molecule is Cc1ccccc1N1N=C(C(=O)N2CCC(C)CC2)CCC1=O. The van der Waals surface area contributed by atoms with E-state index < -0.39 is 0 Å². The molecule has 2 heterocycles. The van der Waals surface area contributed by atoms with Crippen molar-refractivity contribution in [3.05, 3.63) is 29.8 Å². The summed E-state index contributed by atoms with van der Waals surface area (Å²) in [7, 11) is 0. The Morgan fingerprint density at radius 2 is 1.87 bits per heavy atom. The quantitative estimate of drug-likeness (QED) is 0.843. The number of likely N-dealkylation sites (tertiary alicyclic amines) is 1. The topological polar surface area (TPSA) is 53.0 Å². The van der Waals surface area contributed by atoms with Gasteiger partial charge in [-0.1, -0.05) is 25.1 Å². The molecule has 5 heteroatoms. The highest BCUT2D eigenvalue weighted by Crippen LogP contribution is 2.25. The molecule has 0 aliphatic carbocycles. The van der Waals surface area contributed by atoms with Crippen molar-refractivity contribution in [1.29, 1.82) is 0 Å². The summed E-state index contributed by atoms with van der Waals surface area (Å²) in [5.41, 5.74) is 2.24. The predicted molar refractivity (Wildman–Crippen MR) is 90.3 cm³/mol. The number of para-hydroxylation sites is 1. The van der Waals surface area contributed by atoms with Crippen LogP contribution in [0.3, 0.4) is 0 Å². The van der Waals surface area contributed by atoms with Gasteiger partial charge in [-0.2, -0.15) is 5.10 Å². The van der Waals surface area contributed by atoms with E-state index >= 15 is 0 Å². The van der Waals surface area contributed by atoms with E-state index in [-0.39, 0.29) is 11.8 Å². The minimum Gasteiger partial charge on any atom is -0.338 e. The molecule has 2 amide bonds. The summed E-state index contributed by atoms with van der Waals surface area (Å²) in [6, 6.07) is 7.62. The van der Waals surface area contributed by atoms with Gasteiger partial charge in [0.05, 0.1) is 5.69 Å². The van der Waals surface area contributed by atoms with E-state index in [0.29, 0.717) is 24.5 Å². The number of hydrogen-bond donors (Lipinski definition) is 0. The fraction of sp³-hybridized carbons (Fsp3) is 0.500. The van der Waals surface area contributed by atoms with Gasteiger partial charge in [0.2, 0.25) is 5.91 Å². The molecule has 2 aliphatic rings. The molecular weight excluding hydrogens is 290 g/mol. The number of anilines is 1. The van der Waals surface area contributed by atoms with E-state index in [1.807, 2.05) is 36.1 Å². The molecule has 122 valence electrons. The summed E-state index contributed by atoms with van der Waals surface area (Å²) in [5.74, 6) is 0.614. The number of carbonyl (C=O) groups is 2. The highest BCUT2D eigenvalue weighted by molar-refractivity contribution is 6.40. The predicted octanol–water partition coefficient (Wildman–Crippen LogP) is 2.74. The third kappa shape index (κ3) is 3.28. The van der Waals surface area contributed by atoms with Gasteiger partial charge < -0.3 is 4.90 Å². The second-order valence-corrected chi connectivity index (χ2v) is 6.51. The number of nitrogens with zero attached hydrogens (tertiary/aromatic N) is 3. The molecule has 0 saturated carbocycles. The Hall–Kier alpha value is -2.17. The number of benzene rings is 1. The smallest absolute Gasteiger partial charge is 0.270 e. The van der Waals surface area contributed by atoms with Crippen LogP contribution in [0.1, 0.15) is 38.2 Å². The number of carbonyl (C=O) groups excluding carboxylic acids is 2. The van der Waals surface area contributed by atoms with E-state index in [9.17, 15) is 9.59 Å². The molecule has 2 aliphatic heterocycles. The molecule has 5 nitrogen and oxygen atoms in total. The van der Waals surface area contributed by atoms with Crippen LogP contribution in [-0.2, 0) is 9.59 Å². The maximum Gasteiger partial charge on any atom is 0.270 e. The molecule has 3 rings (SSSR count). The molecule has 0 unspecified atom stereocenters. The van der Waals surface area contributed by atoms with Crippen LogP contribution in [0.2, 0.25) is 0 Å². The number of rotatable bonds is 2. The summed E-state index contributed by atoms with van der Waals surface area (Å²) in [6.07, 6.45) is 2.86. The van der Waals surface area contributed by atoms with Gasteiger partial charge in [-0.05, 0) is 37.3 Å². The first kappa shape index (κ1) is 15.7. The maximum absolute atomic E-state index is 12.7. The van der Waals surface area contributed by atoms with Crippen LogP contribution in [0.25, 0.3) is 0 Å². The lowest BCUT2D eigenvalue weighted by atomic mass is 9.98. The Morgan fingerprint density at radius 3 is 2.57 bits per heavy atom. The Morgan fingerprint density at radius 1 is 1.17 bits per heavy atom. The van der Waals surface area contributed by atoms with Crippen LogP contribution >= 0.6 is 0 Å². The van der Waals surface area contributed by atoms with Crippen LogP contribution in [0, 0.1) is 12.8 Å². The molecule has 1 aromatic carbocycles. The lowest BCUT2D eigenvalue weighted by Gasteiger charge is -2.32. The van der Waals surface area contributed by atoms with Gasteiger partial charge in [-0.25, -0.2) is 5.01 Å². The Balaban J connectivity index is 1.82. The zero-order valence-electron chi connectivity index (χ0n) is 13.8. The van der Waals surface area contributed by atoms with Crippen molar-refractivity contribution in [2.24, 2.45) is 11.0 Å². The average molecular weight is 313 g/mol. The van der Waals surface area contributed by atoms with Gasteiger partial charge in [0.15, 0.2) is 0 Å². The van der Waals surface area contributed by atoms with Crippen molar-refractivity contribution in [3.63, 3.8) is 0 Å². The Labute approximate surface area is 137 Å². The molecule has 1 fully saturated rings. The van der Waals surface area contributed by atoms with E-state index in [0.717, 1.165) is 37.2 Å². The van der Waals surface area contributed by atoms with Crippen molar-refractivity contribution < 1.29 is 9.59 Å². The zero-order chi connectivity index (χ0) is 16.4. The highest BCUT2D eigenvalue weighted by Gasteiger charge is 2.30. The lowest BCUT2D eigenvalue weighted by molar-refractivity contribution is -0.125. The van der Waals surface area contributed by atoms with Gasteiger partial charge in [0.1, 0.15) is 5.71 Å². The minimum atomic E-state index is -0.0527. The molecule has 0 aromatic heterocycles. The van der Waals surface area contributed by atoms with Crippen molar-refractivity contribution in [2.45, 2.75) is 39.5 Å². The summed E-state index contributed by atoms with van der Waals surface area (Å²) in [6.45, 7) is 5.74. The van der Waals surface area contributed by atoms with Crippen molar-refractivity contribution in [2.75, 3.05) is 18.1 Å². The summed E-state index contributed by atoms with van der Waals surface area (Å²) < 4.78 is 0. The first-order valence-electron chi connectivity index (χ1n) is 8.31. The monoisotopic (exact) mass is 313 g/mol. The number of hydrazone groups is 1. The maximum atomic E-state index is 12.7. The minimum absolute atomic E-state index is 0.0111. The molecule has 0 radical (unpaired) electrons. The van der Waals surface area contributed by atoms with Gasteiger partial charge in [-0.3, -0.25) is 9.59 Å². The third-order valence-corrected chi connectivity index (χ3v) is 4.69. The first-order valence-corrected chi connectivity index (χ1v) is 8.31. The number of piperidine rings is 1. The van der Waals surface area contributed by atoms with Crippen LogP contribution in [-0.4, -0.2) is 35.5 Å². The lowest BCUT2D eigenvalue weighted by Crippen LogP contribution is -2.44. The molecule has 1 aromatic rings. The molecule has 0 atom stereocenters. The van der Waals surface area contributed by atoms with Crippen LogP contribution in [0.15, 0.2) is 29.4 Å². The summed E-state index contributed by atoms with van der Waals surface area (Å²) in [4.78, 5) is 26.8. The molecule has 0 N–H and O–H groups in total. The molecule has 1 saturated heterocycles. The van der Waals surface area contributed by atoms with Gasteiger partial charge in [-0.15, -0.1) is 0 Å². The molecule has 0 bridgehead atoms.